The van der Waals surface area contributed by atoms with Crippen LogP contribution in [0.5, 0.6) is 0 Å². The van der Waals surface area contributed by atoms with Crippen LogP contribution in [0.4, 0.5) is 0 Å². The summed E-state index contributed by atoms with van der Waals surface area (Å²) in [6.45, 7) is 2.96. The van der Waals surface area contributed by atoms with E-state index in [-0.39, 0.29) is 18.4 Å². The van der Waals surface area contributed by atoms with E-state index in [1.165, 1.54) is 5.56 Å². The maximum Gasteiger partial charge on any atom is 0.307 e. The molecule has 0 spiro atoms. The van der Waals surface area contributed by atoms with Crippen LogP contribution < -0.4 is 0 Å². The van der Waals surface area contributed by atoms with Gasteiger partial charge in [-0.05, 0) is 30.0 Å². The minimum absolute atomic E-state index is 0.0626. The predicted molar refractivity (Wildman–Crippen MR) is 115 cm³/mol. The zero-order valence-electron chi connectivity index (χ0n) is 16.9. The molecule has 152 valence electrons. The molecule has 2 aromatic carbocycles. The molecule has 0 fully saturated rings. The summed E-state index contributed by atoms with van der Waals surface area (Å²) >= 11 is 0. The number of carbonyl (C=O) groups is 1. The molecule has 1 aliphatic rings. The molecule has 0 radical (unpaired) electrons. The molecule has 4 aromatic rings. The van der Waals surface area contributed by atoms with Crippen LogP contribution in [0.25, 0.3) is 10.9 Å². The maximum absolute atomic E-state index is 11.5. The first-order valence-electron chi connectivity index (χ1n) is 10.4. The monoisotopic (exact) mass is 400 g/mol. The lowest BCUT2D eigenvalue weighted by Crippen LogP contribution is -2.26. The molecule has 2 atom stereocenters. The number of hydrogen-bond donors (Lipinski definition) is 1. The van der Waals surface area contributed by atoms with Crippen LogP contribution in [0, 0.1) is 0 Å². The Balaban J connectivity index is 1.52. The summed E-state index contributed by atoms with van der Waals surface area (Å²) in [4.78, 5) is 11.5. The van der Waals surface area contributed by atoms with Crippen LogP contribution in [0.3, 0.4) is 0 Å². The zero-order valence-corrected chi connectivity index (χ0v) is 16.9. The van der Waals surface area contributed by atoms with Crippen molar-refractivity contribution in [3.63, 3.8) is 0 Å². The summed E-state index contributed by atoms with van der Waals surface area (Å²) in [6.07, 6.45) is 3.69. The summed E-state index contributed by atoms with van der Waals surface area (Å²) in [7, 11) is 0. The van der Waals surface area contributed by atoms with Crippen LogP contribution in [0.15, 0.2) is 60.8 Å². The second-order valence-electron chi connectivity index (χ2n) is 8.05. The number of fused-ring (bicyclic) bond motifs is 3. The van der Waals surface area contributed by atoms with E-state index in [0.29, 0.717) is 0 Å². The molecule has 5 rings (SSSR count). The van der Waals surface area contributed by atoms with Crippen molar-refractivity contribution in [3.05, 3.63) is 83.3 Å². The lowest BCUT2D eigenvalue weighted by molar-refractivity contribution is -0.136. The van der Waals surface area contributed by atoms with Gasteiger partial charge < -0.3 is 9.67 Å². The van der Waals surface area contributed by atoms with Crippen molar-refractivity contribution in [1.82, 2.24) is 19.6 Å². The fourth-order valence-corrected chi connectivity index (χ4v) is 4.83. The van der Waals surface area contributed by atoms with E-state index in [1.54, 1.807) is 0 Å². The van der Waals surface area contributed by atoms with E-state index >= 15 is 0 Å². The average Bonchev–Trinajstić information content (AvgIpc) is 3.37. The molecule has 0 bridgehead atoms. The second-order valence-corrected chi connectivity index (χ2v) is 8.05. The third-order valence-corrected chi connectivity index (χ3v) is 6.32. The first kappa shape index (κ1) is 18.6. The Hall–Kier alpha value is -3.41. The molecule has 1 N–H and O–H groups in total. The van der Waals surface area contributed by atoms with E-state index in [4.69, 9.17) is 0 Å². The molecular weight excluding hydrogens is 376 g/mol. The van der Waals surface area contributed by atoms with Gasteiger partial charge in [0.2, 0.25) is 0 Å². The number of carboxylic acids is 1. The molecule has 0 saturated heterocycles. The largest absolute Gasteiger partial charge is 0.481 e. The predicted octanol–water partition coefficient (Wildman–Crippen LogP) is 4.20. The standard InChI is InChI=1S/C24H24N4O2/c1-16(17-7-3-2-4-8-17)23-14-25-26-28(23)18-11-12-22-20(13-24(29)30)19-9-5-6-10-21(19)27(22)15-18/h2-10,14,16,18H,11-13,15H2,1H3,(H,29,30)/t16?,18-/m1/s1. The fraction of sp³-hybridized carbons (Fsp3) is 0.292. The van der Waals surface area contributed by atoms with Crippen molar-refractivity contribution < 1.29 is 9.90 Å². The highest BCUT2D eigenvalue weighted by Crippen LogP contribution is 2.36. The maximum atomic E-state index is 11.5. The number of carboxylic acid groups (broad SMARTS) is 1. The molecule has 2 aromatic heterocycles. The Labute approximate surface area is 174 Å². The van der Waals surface area contributed by atoms with E-state index in [1.807, 2.05) is 30.5 Å². The molecule has 1 unspecified atom stereocenters. The van der Waals surface area contributed by atoms with Gasteiger partial charge in [0.25, 0.3) is 0 Å². The van der Waals surface area contributed by atoms with Gasteiger partial charge in [0, 0.05) is 29.1 Å². The Morgan fingerprint density at radius 2 is 1.93 bits per heavy atom. The SMILES string of the molecule is CC(c1ccccc1)c1cnnn1[C@@H]1CCc2c(CC(=O)O)c3ccccc3n2C1. The van der Waals surface area contributed by atoms with Crippen LogP contribution >= 0.6 is 0 Å². The lowest BCUT2D eigenvalue weighted by atomic mass is 9.96. The zero-order chi connectivity index (χ0) is 20.7. The summed E-state index contributed by atoms with van der Waals surface area (Å²) in [6, 6.07) is 18.7. The third kappa shape index (κ3) is 3.09. The second kappa shape index (κ2) is 7.44. The van der Waals surface area contributed by atoms with Gasteiger partial charge in [0.1, 0.15) is 0 Å². The molecule has 6 heteroatoms. The van der Waals surface area contributed by atoms with Crippen LogP contribution in [-0.4, -0.2) is 30.6 Å². The number of para-hydroxylation sites is 1. The number of rotatable bonds is 5. The van der Waals surface area contributed by atoms with Gasteiger partial charge in [-0.3, -0.25) is 4.79 Å². The highest BCUT2D eigenvalue weighted by atomic mass is 16.4. The third-order valence-electron chi connectivity index (χ3n) is 6.32. The molecule has 0 amide bonds. The molecule has 1 aliphatic heterocycles. The molecular formula is C24H24N4O2. The minimum Gasteiger partial charge on any atom is -0.481 e. The quantitative estimate of drug-likeness (QED) is 0.545. The van der Waals surface area contributed by atoms with Crippen molar-refractivity contribution in [3.8, 4) is 0 Å². The van der Waals surface area contributed by atoms with E-state index < -0.39 is 5.97 Å². The van der Waals surface area contributed by atoms with Crippen LogP contribution in [-0.2, 0) is 24.2 Å². The average molecular weight is 400 g/mol. The van der Waals surface area contributed by atoms with E-state index in [0.717, 1.165) is 47.2 Å². The number of hydrogen-bond acceptors (Lipinski definition) is 3. The molecule has 6 nitrogen and oxygen atoms in total. The van der Waals surface area contributed by atoms with Gasteiger partial charge in [-0.15, -0.1) is 5.10 Å². The Morgan fingerprint density at radius 3 is 2.73 bits per heavy atom. The van der Waals surface area contributed by atoms with E-state index in [9.17, 15) is 9.90 Å². The summed E-state index contributed by atoms with van der Waals surface area (Å²) in [5.74, 6) is -0.585. The van der Waals surface area contributed by atoms with Crippen molar-refractivity contribution in [1.29, 1.82) is 0 Å². The van der Waals surface area contributed by atoms with Crippen molar-refractivity contribution in [2.24, 2.45) is 0 Å². The molecule has 0 saturated carbocycles. The Bertz CT molecular complexity index is 1210. The highest BCUT2D eigenvalue weighted by molar-refractivity contribution is 5.89. The van der Waals surface area contributed by atoms with Crippen molar-refractivity contribution in [2.75, 3.05) is 0 Å². The number of nitrogens with zero attached hydrogens (tertiary/aromatic N) is 4. The van der Waals surface area contributed by atoms with Crippen LogP contribution in [0.1, 0.15) is 47.8 Å². The van der Waals surface area contributed by atoms with Gasteiger partial charge in [-0.25, -0.2) is 4.68 Å². The van der Waals surface area contributed by atoms with Gasteiger partial charge >= 0.3 is 5.97 Å². The van der Waals surface area contributed by atoms with Crippen molar-refractivity contribution >= 4 is 16.9 Å². The lowest BCUT2D eigenvalue weighted by Gasteiger charge is -2.28. The Kier molecular flexibility index (Phi) is 4.62. The first-order valence-corrected chi connectivity index (χ1v) is 10.4. The van der Waals surface area contributed by atoms with Gasteiger partial charge in [0.05, 0.1) is 24.4 Å². The highest BCUT2D eigenvalue weighted by Gasteiger charge is 2.29. The molecule has 30 heavy (non-hydrogen) atoms. The summed E-state index contributed by atoms with van der Waals surface area (Å²) in [5, 5.41) is 19.2. The minimum atomic E-state index is -0.786. The van der Waals surface area contributed by atoms with Gasteiger partial charge in [-0.1, -0.05) is 60.7 Å². The smallest absolute Gasteiger partial charge is 0.307 e. The molecule has 3 heterocycles. The van der Waals surface area contributed by atoms with E-state index in [2.05, 4.69) is 56.8 Å². The number of benzene rings is 2. The summed E-state index contributed by atoms with van der Waals surface area (Å²) < 4.78 is 4.37. The fourth-order valence-electron chi connectivity index (χ4n) is 4.83. The number of aliphatic carboxylic acids is 1. The van der Waals surface area contributed by atoms with Crippen LogP contribution in [0.2, 0.25) is 0 Å². The van der Waals surface area contributed by atoms with Gasteiger partial charge in [0.15, 0.2) is 0 Å². The first-order chi connectivity index (χ1) is 14.6. The Morgan fingerprint density at radius 1 is 1.17 bits per heavy atom. The molecule has 0 aliphatic carbocycles. The topological polar surface area (TPSA) is 72.9 Å². The normalized spacial score (nSPS) is 17.0. The van der Waals surface area contributed by atoms with Gasteiger partial charge in [-0.2, -0.15) is 0 Å². The number of aromatic nitrogens is 4. The van der Waals surface area contributed by atoms with Crippen molar-refractivity contribution in [2.45, 2.75) is 44.7 Å². The summed E-state index contributed by atoms with van der Waals surface area (Å²) in [5.41, 5.74) is 5.55.